The molecule has 0 aliphatic rings. The van der Waals surface area contributed by atoms with Gasteiger partial charge >= 0.3 is 5.97 Å². The number of carbonyl (C=O) groups is 3. The summed E-state index contributed by atoms with van der Waals surface area (Å²) in [5, 5.41) is 11.6. The molecular weight excluding hydrogens is 328 g/mol. The summed E-state index contributed by atoms with van der Waals surface area (Å²) in [6, 6.07) is 8.06. The Morgan fingerprint density at radius 2 is 1.92 bits per heavy atom. The van der Waals surface area contributed by atoms with Gasteiger partial charge in [-0.3, -0.25) is 14.4 Å². The van der Waals surface area contributed by atoms with Gasteiger partial charge in [-0.2, -0.15) is 11.8 Å². The van der Waals surface area contributed by atoms with Crippen molar-refractivity contribution < 1.29 is 19.5 Å². The first-order chi connectivity index (χ1) is 11.5. The van der Waals surface area contributed by atoms with Gasteiger partial charge in [-0.1, -0.05) is 18.2 Å². The number of nitrogens with one attached hydrogen (secondary N) is 1. The maximum Gasteiger partial charge on any atom is 0.305 e. The molecule has 6 nitrogen and oxygen atoms in total. The van der Waals surface area contributed by atoms with E-state index >= 15 is 0 Å². The highest BCUT2D eigenvalue weighted by Gasteiger charge is 2.25. The first kappa shape index (κ1) is 20.0. The number of benzene rings is 1. The van der Waals surface area contributed by atoms with Crippen LogP contribution in [-0.4, -0.2) is 58.9 Å². The van der Waals surface area contributed by atoms with Crippen molar-refractivity contribution in [1.29, 1.82) is 0 Å². The summed E-state index contributed by atoms with van der Waals surface area (Å²) < 4.78 is 0. The lowest BCUT2D eigenvalue weighted by atomic mass is 10.1. The van der Waals surface area contributed by atoms with Crippen LogP contribution in [0.25, 0.3) is 0 Å². The number of carboxylic acid groups (broad SMARTS) is 1. The number of aliphatic carboxylic acids is 1. The molecule has 1 atom stereocenters. The van der Waals surface area contributed by atoms with Crippen molar-refractivity contribution in [3.05, 3.63) is 35.9 Å². The number of hydrogen-bond acceptors (Lipinski definition) is 4. The van der Waals surface area contributed by atoms with Crippen LogP contribution in [0.1, 0.15) is 30.1 Å². The highest BCUT2D eigenvalue weighted by atomic mass is 32.2. The molecule has 1 unspecified atom stereocenters. The van der Waals surface area contributed by atoms with E-state index in [1.165, 1.54) is 4.90 Å². The van der Waals surface area contributed by atoms with Crippen LogP contribution >= 0.6 is 11.8 Å². The fourth-order valence-corrected chi connectivity index (χ4v) is 2.67. The molecule has 1 rings (SSSR count). The number of rotatable bonds is 10. The zero-order valence-electron chi connectivity index (χ0n) is 14.0. The van der Waals surface area contributed by atoms with Gasteiger partial charge in [0.25, 0.3) is 5.91 Å². The molecule has 0 bridgehead atoms. The number of carbonyl (C=O) groups excluding carboxylic acids is 2. The number of amides is 2. The van der Waals surface area contributed by atoms with Crippen molar-refractivity contribution in [2.24, 2.45) is 0 Å². The molecule has 1 aromatic carbocycles. The molecule has 0 aliphatic heterocycles. The molecule has 132 valence electrons. The third-order valence-corrected chi connectivity index (χ3v) is 4.18. The minimum atomic E-state index is -0.949. The van der Waals surface area contributed by atoms with E-state index in [0.717, 1.165) is 5.75 Å². The lowest BCUT2D eigenvalue weighted by Gasteiger charge is -2.26. The fourth-order valence-electron chi connectivity index (χ4n) is 2.20. The van der Waals surface area contributed by atoms with Gasteiger partial charge in [0.1, 0.15) is 6.04 Å². The largest absolute Gasteiger partial charge is 0.481 e. The Morgan fingerprint density at radius 3 is 2.46 bits per heavy atom. The molecule has 0 aliphatic carbocycles. The molecule has 2 N–H and O–H groups in total. The van der Waals surface area contributed by atoms with Crippen LogP contribution in [0.2, 0.25) is 0 Å². The van der Waals surface area contributed by atoms with E-state index in [-0.39, 0.29) is 24.8 Å². The molecule has 0 radical (unpaired) electrons. The van der Waals surface area contributed by atoms with Crippen molar-refractivity contribution in [3.63, 3.8) is 0 Å². The normalized spacial score (nSPS) is 11.6. The van der Waals surface area contributed by atoms with E-state index in [1.807, 2.05) is 12.3 Å². The number of thioether (sulfide) groups is 1. The lowest BCUT2D eigenvalue weighted by Crippen LogP contribution is -2.49. The van der Waals surface area contributed by atoms with Gasteiger partial charge in [0.15, 0.2) is 0 Å². The lowest BCUT2D eigenvalue weighted by molar-refractivity contribution is -0.139. The summed E-state index contributed by atoms with van der Waals surface area (Å²) in [6.45, 7) is 2.34. The van der Waals surface area contributed by atoms with Gasteiger partial charge in [0, 0.05) is 18.7 Å². The molecule has 0 fully saturated rings. The van der Waals surface area contributed by atoms with Gasteiger partial charge < -0.3 is 15.3 Å². The fraction of sp³-hybridized carbons (Fsp3) is 0.471. The Bertz CT molecular complexity index is 551. The van der Waals surface area contributed by atoms with Crippen LogP contribution < -0.4 is 5.32 Å². The average Bonchev–Trinajstić information content (AvgIpc) is 2.59. The predicted molar refractivity (Wildman–Crippen MR) is 95.2 cm³/mol. The van der Waals surface area contributed by atoms with Gasteiger partial charge in [-0.05, 0) is 37.5 Å². The van der Waals surface area contributed by atoms with Gasteiger partial charge in [0.2, 0.25) is 5.91 Å². The standard InChI is InChI=1S/C17H24N2O4S/c1-3-19(11-9-15(20)21)17(23)14(10-12-24-2)18-16(22)13-7-5-4-6-8-13/h4-8,14H,3,9-12H2,1-2H3,(H,18,22)(H,20,21). The molecule has 0 spiro atoms. The SMILES string of the molecule is CCN(CCC(=O)O)C(=O)C(CCSC)NC(=O)c1ccccc1. The van der Waals surface area contributed by atoms with E-state index in [2.05, 4.69) is 5.32 Å². The quantitative estimate of drug-likeness (QED) is 0.671. The first-order valence-corrected chi connectivity index (χ1v) is 9.24. The average molecular weight is 352 g/mol. The minimum absolute atomic E-state index is 0.110. The van der Waals surface area contributed by atoms with Crippen molar-refractivity contribution >= 4 is 29.5 Å². The minimum Gasteiger partial charge on any atom is -0.481 e. The van der Waals surface area contributed by atoms with Gasteiger partial charge in [0.05, 0.1) is 6.42 Å². The third-order valence-electron chi connectivity index (χ3n) is 3.54. The summed E-state index contributed by atoms with van der Waals surface area (Å²) in [7, 11) is 0. The van der Waals surface area contributed by atoms with Crippen molar-refractivity contribution in [2.75, 3.05) is 25.1 Å². The Hall–Kier alpha value is -2.02. The van der Waals surface area contributed by atoms with E-state index in [0.29, 0.717) is 18.5 Å². The van der Waals surface area contributed by atoms with Crippen molar-refractivity contribution in [3.8, 4) is 0 Å². The van der Waals surface area contributed by atoms with E-state index in [4.69, 9.17) is 5.11 Å². The molecule has 0 heterocycles. The summed E-state index contributed by atoms with van der Waals surface area (Å²) in [5.41, 5.74) is 0.494. The Labute approximate surface area is 146 Å². The maximum absolute atomic E-state index is 12.7. The second-order valence-corrected chi connectivity index (χ2v) is 6.22. The van der Waals surface area contributed by atoms with Crippen LogP contribution in [0.5, 0.6) is 0 Å². The summed E-state index contributed by atoms with van der Waals surface area (Å²) in [4.78, 5) is 37.2. The zero-order valence-corrected chi connectivity index (χ0v) is 14.8. The van der Waals surface area contributed by atoms with Crippen LogP contribution in [-0.2, 0) is 9.59 Å². The third kappa shape index (κ3) is 6.62. The molecule has 1 aromatic rings. The second kappa shape index (κ2) is 10.7. The Balaban J connectivity index is 2.80. The molecular formula is C17H24N2O4S. The molecule has 7 heteroatoms. The van der Waals surface area contributed by atoms with E-state index < -0.39 is 12.0 Å². The first-order valence-electron chi connectivity index (χ1n) is 7.85. The monoisotopic (exact) mass is 352 g/mol. The van der Waals surface area contributed by atoms with Crippen molar-refractivity contribution in [2.45, 2.75) is 25.8 Å². The molecule has 0 aromatic heterocycles. The van der Waals surface area contributed by atoms with Crippen LogP contribution in [0.3, 0.4) is 0 Å². The smallest absolute Gasteiger partial charge is 0.305 e. The van der Waals surface area contributed by atoms with Gasteiger partial charge in [-0.15, -0.1) is 0 Å². The van der Waals surface area contributed by atoms with Crippen molar-refractivity contribution in [1.82, 2.24) is 10.2 Å². The number of carboxylic acids is 1. The number of nitrogens with zero attached hydrogens (tertiary/aromatic N) is 1. The second-order valence-electron chi connectivity index (χ2n) is 5.24. The maximum atomic E-state index is 12.7. The van der Waals surface area contributed by atoms with E-state index in [9.17, 15) is 14.4 Å². The molecule has 0 saturated heterocycles. The molecule has 0 saturated carbocycles. The zero-order chi connectivity index (χ0) is 17.9. The van der Waals surface area contributed by atoms with E-state index in [1.54, 1.807) is 43.0 Å². The van der Waals surface area contributed by atoms with Crippen LogP contribution in [0.15, 0.2) is 30.3 Å². The summed E-state index contributed by atoms with van der Waals surface area (Å²) >= 11 is 1.59. The summed E-state index contributed by atoms with van der Waals surface area (Å²) in [6.07, 6.45) is 2.33. The Kier molecular flexibility index (Phi) is 8.93. The van der Waals surface area contributed by atoms with Gasteiger partial charge in [-0.25, -0.2) is 0 Å². The number of hydrogen-bond donors (Lipinski definition) is 2. The predicted octanol–water partition coefficient (Wildman–Crippen LogP) is 1.86. The molecule has 2 amide bonds. The highest BCUT2D eigenvalue weighted by molar-refractivity contribution is 7.98. The molecule has 24 heavy (non-hydrogen) atoms. The van der Waals surface area contributed by atoms with Crippen LogP contribution in [0.4, 0.5) is 0 Å². The highest BCUT2D eigenvalue weighted by Crippen LogP contribution is 2.08. The summed E-state index contributed by atoms with van der Waals surface area (Å²) in [5.74, 6) is -0.765. The number of likely N-dealkylation sites (N-methyl/N-ethyl adjacent to an activating group) is 1. The Morgan fingerprint density at radius 1 is 1.25 bits per heavy atom. The topological polar surface area (TPSA) is 86.7 Å². The van der Waals surface area contributed by atoms with Crippen LogP contribution in [0, 0.1) is 0 Å².